The molecule has 3 N–H and O–H groups in total. The lowest BCUT2D eigenvalue weighted by molar-refractivity contribution is -0.140. The Labute approximate surface area is 66.0 Å². The zero-order valence-corrected chi connectivity index (χ0v) is 6.63. The average Bonchev–Trinajstić information content (AvgIpc) is 2.05. The van der Waals surface area contributed by atoms with Crippen molar-refractivity contribution in [3.8, 4) is 0 Å². The molecule has 0 aromatic rings. The van der Waals surface area contributed by atoms with Crippen molar-refractivity contribution in [1.29, 1.82) is 0 Å². The van der Waals surface area contributed by atoms with Gasteiger partial charge in [0.05, 0.1) is 0 Å². The van der Waals surface area contributed by atoms with Gasteiger partial charge in [0, 0.05) is 12.6 Å². The van der Waals surface area contributed by atoms with Crippen molar-refractivity contribution >= 4 is 5.97 Å². The summed E-state index contributed by atoms with van der Waals surface area (Å²) >= 11 is 0. The minimum absolute atomic E-state index is 0.334. The van der Waals surface area contributed by atoms with Gasteiger partial charge in [-0.05, 0) is 19.9 Å². The maximum absolute atomic E-state index is 10.5. The van der Waals surface area contributed by atoms with E-state index in [4.69, 9.17) is 5.11 Å². The number of rotatable bonds is 2. The standard InChI is InChI=1S/C7H14N2O2/c1-8-5-2-3-6(7(10)11)9-4-5/h5-6,8-9H,2-4H2,1H3,(H,10,11)/t5-,6+/m1/s1. The summed E-state index contributed by atoms with van der Waals surface area (Å²) in [5.41, 5.74) is 0. The summed E-state index contributed by atoms with van der Waals surface area (Å²) in [4.78, 5) is 10.5. The number of carbonyl (C=O) groups is 1. The summed E-state index contributed by atoms with van der Waals surface area (Å²) in [6.45, 7) is 0.757. The van der Waals surface area contributed by atoms with Gasteiger partial charge in [-0.2, -0.15) is 0 Å². The smallest absolute Gasteiger partial charge is 0.320 e. The first-order valence-electron chi connectivity index (χ1n) is 3.87. The van der Waals surface area contributed by atoms with E-state index in [-0.39, 0.29) is 6.04 Å². The molecule has 4 heteroatoms. The minimum atomic E-state index is -0.737. The maximum atomic E-state index is 10.5. The molecule has 0 aromatic carbocycles. The van der Waals surface area contributed by atoms with Gasteiger partial charge in [-0.3, -0.25) is 4.79 Å². The molecule has 0 bridgehead atoms. The Bertz CT molecular complexity index is 141. The number of piperidine rings is 1. The van der Waals surface area contributed by atoms with Gasteiger partial charge in [-0.15, -0.1) is 0 Å². The van der Waals surface area contributed by atoms with Gasteiger partial charge in [0.15, 0.2) is 0 Å². The molecule has 1 aliphatic rings. The molecule has 4 nitrogen and oxygen atoms in total. The highest BCUT2D eigenvalue weighted by Gasteiger charge is 2.23. The molecule has 0 amide bonds. The largest absolute Gasteiger partial charge is 0.480 e. The molecule has 1 rings (SSSR count). The molecule has 0 unspecified atom stereocenters. The first kappa shape index (κ1) is 8.49. The lowest BCUT2D eigenvalue weighted by Crippen LogP contribution is -2.49. The van der Waals surface area contributed by atoms with Gasteiger partial charge in [0.25, 0.3) is 0 Å². The second-order valence-corrected chi connectivity index (χ2v) is 2.86. The van der Waals surface area contributed by atoms with E-state index >= 15 is 0 Å². The first-order chi connectivity index (χ1) is 5.24. The number of aliphatic carboxylic acids is 1. The highest BCUT2D eigenvalue weighted by atomic mass is 16.4. The normalized spacial score (nSPS) is 31.7. The molecule has 1 fully saturated rings. The van der Waals surface area contributed by atoms with Crippen LogP contribution in [0.5, 0.6) is 0 Å². The summed E-state index contributed by atoms with van der Waals surface area (Å²) in [6.07, 6.45) is 1.67. The van der Waals surface area contributed by atoms with Crippen LogP contribution in [0.3, 0.4) is 0 Å². The van der Waals surface area contributed by atoms with Crippen molar-refractivity contribution in [3.05, 3.63) is 0 Å². The zero-order valence-electron chi connectivity index (χ0n) is 6.63. The van der Waals surface area contributed by atoms with E-state index in [0.717, 1.165) is 19.4 Å². The van der Waals surface area contributed by atoms with Crippen LogP contribution in [-0.2, 0) is 4.79 Å². The van der Waals surface area contributed by atoms with E-state index in [1.165, 1.54) is 0 Å². The molecule has 1 heterocycles. The van der Waals surface area contributed by atoms with Crippen LogP contribution in [-0.4, -0.2) is 36.8 Å². The summed E-state index contributed by atoms with van der Waals surface area (Å²) in [5, 5.41) is 14.7. The van der Waals surface area contributed by atoms with Crippen LogP contribution in [0.2, 0.25) is 0 Å². The van der Waals surface area contributed by atoms with Gasteiger partial charge < -0.3 is 15.7 Å². The lowest BCUT2D eigenvalue weighted by Gasteiger charge is -2.26. The van der Waals surface area contributed by atoms with E-state index in [2.05, 4.69) is 10.6 Å². The fourth-order valence-corrected chi connectivity index (χ4v) is 1.31. The van der Waals surface area contributed by atoms with E-state index in [0.29, 0.717) is 6.04 Å². The molecule has 1 aliphatic heterocycles. The Morgan fingerprint density at radius 1 is 1.64 bits per heavy atom. The molecule has 0 saturated carbocycles. The number of hydrogen-bond donors (Lipinski definition) is 3. The Morgan fingerprint density at radius 3 is 2.73 bits per heavy atom. The van der Waals surface area contributed by atoms with Crippen molar-refractivity contribution in [3.63, 3.8) is 0 Å². The SMILES string of the molecule is CN[C@@H]1CC[C@@H](C(=O)O)NC1. The third-order valence-electron chi connectivity index (χ3n) is 2.12. The summed E-state index contributed by atoms with van der Waals surface area (Å²) < 4.78 is 0. The number of likely N-dealkylation sites (N-methyl/N-ethyl adjacent to an activating group) is 1. The Kier molecular flexibility index (Phi) is 2.84. The molecule has 1 saturated heterocycles. The van der Waals surface area contributed by atoms with Crippen LogP contribution in [0, 0.1) is 0 Å². The van der Waals surface area contributed by atoms with E-state index in [9.17, 15) is 4.79 Å². The summed E-state index contributed by atoms with van der Waals surface area (Å²) in [6, 6.07) is 0.102. The predicted molar refractivity (Wildman–Crippen MR) is 41.5 cm³/mol. The second kappa shape index (κ2) is 3.69. The molecule has 0 aliphatic carbocycles. The Hall–Kier alpha value is -0.610. The van der Waals surface area contributed by atoms with E-state index < -0.39 is 5.97 Å². The van der Waals surface area contributed by atoms with Crippen LogP contribution < -0.4 is 10.6 Å². The first-order valence-corrected chi connectivity index (χ1v) is 3.87. The summed E-state index contributed by atoms with van der Waals surface area (Å²) in [7, 11) is 1.90. The van der Waals surface area contributed by atoms with Gasteiger partial charge in [-0.1, -0.05) is 0 Å². The highest BCUT2D eigenvalue weighted by molar-refractivity contribution is 5.73. The van der Waals surface area contributed by atoms with Crippen LogP contribution >= 0.6 is 0 Å². The highest BCUT2D eigenvalue weighted by Crippen LogP contribution is 2.07. The molecule has 64 valence electrons. The topological polar surface area (TPSA) is 61.4 Å². The summed E-state index contributed by atoms with van der Waals surface area (Å²) in [5.74, 6) is -0.737. The van der Waals surface area contributed by atoms with Gasteiger partial charge >= 0.3 is 5.97 Å². The van der Waals surface area contributed by atoms with Crippen molar-refractivity contribution in [2.24, 2.45) is 0 Å². The minimum Gasteiger partial charge on any atom is -0.480 e. The second-order valence-electron chi connectivity index (χ2n) is 2.86. The number of nitrogens with one attached hydrogen (secondary N) is 2. The number of hydrogen-bond acceptors (Lipinski definition) is 3. The quantitative estimate of drug-likeness (QED) is 0.503. The molecule has 0 radical (unpaired) electrons. The van der Waals surface area contributed by atoms with Gasteiger partial charge in [0.1, 0.15) is 6.04 Å². The van der Waals surface area contributed by atoms with Crippen LogP contribution in [0.4, 0.5) is 0 Å². The molecule has 0 spiro atoms. The zero-order chi connectivity index (χ0) is 8.27. The number of carboxylic acids is 1. The third kappa shape index (κ3) is 2.17. The van der Waals surface area contributed by atoms with Crippen LogP contribution in [0.25, 0.3) is 0 Å². The molecule has 0 aromatic heterocycles. The third-order valence-corrected chi connectivity index (χ3v) is 2.12. The van der Waals surface area contributed by atoms with Crippen molar-refractivity contribution in [2.75, 3.05) is 13.6 Å². The lowest BCUT2D eigenvalue weighted by atomic mass is 10.0. The monoisotopic (exact) mass is 158 g/mol. The van der Waals surface area contributed by atoms with Crippen LogP contribution in [0.15, 0.2) is 0 Å². The Balaban J connectivity index is 2.30. The number of carboxylic acid groups (broad SMARTS) is 1. The molecule has 2 atom stereocenters. The fourth-order valence-electron chi connectivity index (χ4n) is 1.31. The van der Waals surface area contributed by atoms with Crippen molar-refractivity contribution < 1.29 is 9.90 Å². The van der Waals surface area contributed by atoms with Gasteiger partial charge in [0.2, 0.25) is 0 Å². The molecule has 11 heavy (non-hydrogen) atoms. The van der Waals surface area contributed by atoms with E-state index in [1.54, 1.807) is 0 Å². The molecular weight excluding hydrogens is 144 g/mol. The predicted octanol–water partition coefficient (Wildman–Crippen LogP) is -0.589. The van der Waals surface area contributed by atoms with Crippen molar-refractivity contribution in [1.82, 2.24) is 10.6 Å². The Morgan fingerprint density at radius 2 is 2.36 bits per heavy atom. The maximum Gasteiger partial charge on any atom is 0.320 e. The molecular formula is C7H14N2O2. The van der Waals surface area contributed by atoms with E-state index in [1.807, 2.05) is 7.05 Å². The van der Waals surface area contributed by atoms with Crippen molar-refractivity contribution in [2.45, 2.75) is 24.9 Å². The van der Waals surface area contributed by atoms with Gasteiger partial charge in [-0.25, -0.2) is 0 Å². The van der Waals surface area contributed by atoms with Crippen LogP contribution in [0.1, 0.15) is 12.8 Å². The average molecular weight is 158 g/mol. The fraction of sp³-hybridized carbons (Fsp3) is 0.857.